The Morgan fingerprint density at radius 3 is 2.56 bits per heavy atom. The van der Waals surface area contributed by atoms with Gasteiger partial charge in [-0.15, -0.1) is 0 Å². The minimum atomic E-state index is -0.555. The highest BCUT2D eigenvalue weighted by atomic mass is 19.1. The molecule has 0 unspecified atom stereocenters. The molecule has 0 aromatic heterocycles. The maximum atomic E-state index is 13.7. The van der Waals surface area contributed by atoms with Gasteiger partial charge in [0, 0.05) is 11.1 Å². The zero-order valence-electron chi connectivity index (χ0n) is 15.6. The molecule has 1 saturated carbocycles. The molecule has 1 fully saturated rings. The summed E-state index contributed by atoms with van der Waals surface area (Å²) in [4.78, 5) is 12.9. The maximum Gasteiger partial charge on any atom is 0.251 e. The summed E-state index contributed by atoms with van der Waals surface area (Å²) in [5.41, 5.74) is 1.23. The number of aliphatic hydroxyl groups excluding tert-OH is 1. The van der Waals surface area contributed by atoms with Crippen LogP contribution in [-0.4, -0.2) is 30.3 Å². The summed E-state index contributed by atoms with van der Waals surface area (Å²) in [5, 5.41) is 13.0. The van der Waals surface area contributed by atoms with Gasteiger partial charge in [0.15, 0.2) is 0 Å². The molecule has 27 heavy (non-hydrogen) atoms. The van der Waals surface area contributed by atoms with Crippen LogP contribution in [0.15, 0.2) is 42.5 Å². The van der Waals surface area contributed by atoms with E-state index in [1.807, 2.05) is 6.07 Å². The fraction of sp³-hybridized carbons (Fsp3) is 0.409. The van der Waals surface area contributed by atoms with Gasteiger partial charge in [0.05, 0.1) is 19.3 Å². The van der Waals surface area contributed by atoms with E-state index in [0.29, 0.717) is 22.4 Å². The van der Waals surface area contributed by atoms with Crippen LogP contribution >= 0.6 is 0 Å². The minimum absolute atomic E-state index is 0.0594. The Balaban J connectivity index is 1.87. The van der Waals surface area contributed by atoms with Gasteiger partial charge in [-0.1, -0.05) is 37.8 Å². The van der Waals surface area contributed by atoms with Gasteiger partial charge in [-0.05, 0) is 48.7 Å². The van der Waals surface area contributed by atoms with Crippen molar-refractivity contribution >= 4 is 5.91 Å². The van der Waals surface area contributed by atoms with E-state index in [1.165, 1.54) is 19.2 Å². The number of rotatable bonds is 5. The monoisotopic (exact) mass is 371 g/mol. The number of nitrogens with one attached hydrogen (secondary N) is 1. The van der Waals surface area contributed by atoms with Crippen molar-refractivity contribution in [2.45, 2.75) is 44.1 Å². The van der Waals surface area contributed by atoms with Crippen LogP contribution in [0.2, 0.25) is 0 Å². The molecular formula is C22H26FNO3. The van der Waals surface area contributed by atoms with Crippen LogP contribution in [0, 0.1) is 5.82 Å². The average molecular weight is 371 g/mol. The Kier molecular flexibility index (Phi) is 6.11. The fourth-order valence-corrected chi connectivity index (χ4v) is 3.77. The van der Waals surface area contributed by atoms with Gasteiger partial charge in [-0.3, -0.25) is 4.79 Å². The van der Waals surface area contributed by atoms with E-state index in [-0.39, 0.29) is 18.3 Å². The van der Waals surface area contributed by atoms with Gasteiger partial charge in [0.1, 0.15) is 11.6 Å². The van der Waals surface area contributed by atoms with Crippen LogP contribution in [0.5, 0.6) is 5.75 Å². The summed E-state index contributed by atoms with van der Waals surface area (Å²) in [7, 11) is 1.53. The number of carbonyl (C=O) groups excluding carboxylic acids is 1. The molecule has 1 aliphatic rings. The summed E-state index contributed by atoms with van der Waals surface area (Å²) in [6, 6.07) is 11.4. The summed E-state index contributed by atoms with van der Waals surface area (Å²) < 4.78 is 19.0. The van der Waals surface area contributed by atoms with Gasteiger partial charge < -0.3 is 15.2 Å². The van der Waals surface area contributed by atoms with Gasteiger partial charge in [-0.2, -0.15) is 0 Å². The Morgan fingerprint density at radius 1 is 1.15 bits per heavy atom. The Morgan fingerprint density at radius 2 is 1.89 bits per heavy atom. The number of ether oxygens (including phenoxy) is 1. The average Bonchev–Trinajstić information content (AvgIpc) is 2.94. The number of benzene rings is 2. The van der Waals surface area contributed by atoms with E-state index in [9.17, 15) is 14.3 Å². The lowest BCUT2D eigenvalue weighted by molar-refractivity contribution is 0.0806. The molecular weight excluding hydrogens is 345 g/mol. The lowest BCUT2D eigenvalue weighted by Crippen LogP contribution is -2.51. The second kappa shape index (κ2) is 8.53. The van der Waals surface area contributed by atoms with Crippen LogP contribution in [0.3, 0.4) is 0 Å². The number of hydrogen-bond acceptors (Lipinski definition) is 3. The number of hydrogen-bond donors (Lipinski definition) is 2. The third-order valence-electron chi connectivity index (χ3n) is 5.34. The predicted molar refractivity (Wildman–Crippen MR) is 103 cm³/mol. The van der Waals surface area contributed by atoms with Crippen LogP contribution in [0.1, 0.15) is 48.9 Å². The van der Waals surface area contributed by atoms with Crippen molar-refractivity contribution in [1.82, 2.24) is 5.32 Å². The first-order valence-electron chi connectivity index (χ1n) is 9.44. The van der Waals surface area contributed by atoms with E-state index in [2.05, 4.69) is 5.32 Å². The Hall–Kier alpha value is -2.40. The highest BCUT2D eigenvalue weighted by Crippen LogP contribution is 2.32. The largest absolute Gasteiger partial charge is 0.496 e. The fourth-order valence-electron chi connectivity index (χ4n) is 3.77. The summed E-state index contributed by atoms with van der Waals surface area (Å²) in [6.07, 6.45) is 5.83. The third-order valence-corrected chi connectivity index (χ3v) is 5.34. The molecule has 2 aromatic carbocycles. The molecule has 0 aliphatic heterocycles. The normalized spacial score (nSPS) is 16.4. The number of aliphatic hydroxyl groups is 1. The molecule has 5 heteroatoms. The zero-order valence-corrected chi connectivity index (χ0v) is 15.6. The van der Waals surface area contributed by atoms with Gasteiger partial charge >= 0.3 is 0 Å². The molecule has 0 radical (unpaired) electrons. The SMILES string of the molecule is COc1ccc(F)cc1-c1cccc(C(=O)NC2(CO)CCCCCC2)c1. The van der Waals surface area contributed by atoms with E-state index >= 15 is 0 Å². The summed E-state index contributed by atoms with van der Waals surface area (Å²) in [5.74, 6) is -0.0360. The molecule has 0 bridgehead atoms. The molecule has 0 heterocycles. The predicted octanol–water partition coefficient (Wildman–Crippen LogP) is 4.32. The van der Waals surface area contributed by atoms with Gasteiger partial charge in [0.2, 0.25) is 0 Å². The summed E-state index contributed by atoms with van der Waals surface area (Å²) in [6.45, 7) is -0.0594. The number of halogens is 1. The molecule has 3 rings (SSSR count). The molecule has 4 nitrogen and oxygen atoms in total. The number of amides is 1. The lowest BCUT2D eigenvalue weighted by Gasteiger charge is -2.32. The van der Waals surface area contributed by atoms with Crippen LogP contribution in [0.4, 0.5) is 4.39 Å². The van der Waals surface area contributed by atoms with Crippen molar-refractivity contribution in [3.8, 4) is 16.9 Å². The van der Waals surface area contributed by atoms with Crippen LogP contribution < -0.4 is 10.1 Å². The topological polar surface area (TPSA) is 58.6 Å². The highest BCUT2D eigenvalue weighted by molar-refractivity contribution is 5.96. The molecule has 0 spiro atoms. The van der Waals surface area contributed by atoms with Crippen molar-refractivity contribution in [1.29, 1.82) is 0 Å². The molecule has 1 amide bonds. The second-order valence-corrected chi connectivity index (χ2v) is 7.23. The quantitative estimate of drug-likeness (QED) is 0.770. The van der Waals surface area contributed by atoms with E-state index < -0.39 is 5.54 Å². The minimum Gasteiger partial charge on any atom is -0.496 e. The number of methoxy groups -OCH3 is 1. The molecule has 0 atom stereocenters. The van der Waals surface area contributed by atoms with E-state index in [1.54, 1.807) is 24.3 Å². The highest BCUT2D eigenvalue weighted by Gasteiger charge is 2.32. The first-order valence-corrected chi connectivity index (χ1v) is 9.44. The molecule has 2 N–H and O–H groups in total. The molecule has 2 aromatic rings. The van der Waals surface area contributed by atoms with Crippen molar-refractivity contribution in [2.24, 2.45) is 0 Å². The Labute approximate surface area is 159 Å². The van der Waals surface area contributed by atoms with Gasteiger partial charge in [0.25, 0.3) is 5.91 Å². The zero-order chi connectivity index (χ0) is 19.3. The standard InChI is InChI=1S/C22H26FNO3/c1-27-20-10-9-18(23)14-19(20)16-7-6-8-17(13-16)21(26)24-22(15-25)11-4-2-3-5-12-22/h6-10,13-14,25H,2-5,11-12,15H2,1H3,(H,24,26). The van der Waals surface area contributed by atoms with Crippen molar-refractivity contribution in [3.63, 3.8) is 0 Å². The van der Waals surface area contributed by atoms with Crippen LogP contribution in [-0.2, 0) is 0 Å². The van der Waals surface area contributed by atoms with Crippen molar-refractivity contribution in [3.05, 3.63) is 53.8 Å². The molecule has 0 saturated heterocycles. The van der Waals surface area contributed by atoms with Crippen molar-refractivity contribution in [2.75, 3.05) is 13.7 Å². The second-order valence-electron chi connectivity index (χ2n) is 7.23. The number of carbonyl (C=O) groups is 1. The summed E-state index contributed by atoms with van der Waals surface area (Å²) >= 11 is 0. The first-order chi connectivity index (χ1) is 13.1. The Bertz CT molecular complexity index is 798. The third kappa shape index (κ3) is 4.48. The smallest absolute Gasteiger partial charge is 0.251 e. The molecule has 144 valence electrons. The first kappa shape index (κ1) is 19.4. The van der Waals surface area contributed by atoms with Gasteiger partial charge in [-0.25, -0.2) is 4.39 Å². The van der Waals surface area contributed by atoms with Crippen molar-refractivity contribution < 1.29 is 19.0 Å². The molecule has 1 aliphatic carbocycles. The van der Waals surface area contributed by atoms with E-state index in [0.717, 1.165) is 38.5 Å². The van der Waals surface area contributed by atoms with Crippen LogP contribution in [0.25, 0.3) is 11.1 Å². The van der Waals surface area contributed by atoms with E-state index in [4.69, 9.17) is 4.74 Å². The lowest BCUT2D eigenvalue weighted by atomic mass is 9.90. The maximum absolute atomic E-state index is 13.7.